The molecule has 0 bridgehead atoms. The van der Waals surface area contributed by atoms with Gasteiger partial charge >= 0.3 is 0 Å². The lowest BCUT2D eigenvalue weighted by Gasteiger charge is -2.08. The third-order valence-electron chi connectivity index (χ3n) is 1.88. The predicted octanol–water partition coefficient (Wildman–Crippen LogP) is 2.33. The SMILES string of the molecule is CC.CNc1c(C=N)ncc(C#N)c1C. The van der Waals surface area contributed by atoms with Crippen molar-refractivity contribution in [2.45, 2.75) is 20.8 Å². The number of nitrogens with zero attached hydrogens (tertiary/aromatic N) is 2. The summed E-state index contributed by atoms with van der Waals surface area (Å²) >= 11 is 0. The summed E-state index contributed by atoms with van der Waals surface area (Å²) in [7, 11) is 1.75. The minimum Gasteiger partial charge on any atom is -0.386 e. The minimum absolute atomic E-state index is 0.537. The van der Waals surface area contributed by atoms with Crippen LogP contribution in [0.25, 0.3) is 0 Å². The van der Waals surface area contributed by atoms with Crippen molar-refractivity contribution in [1.82, 2.24) is 4.98 Å². The number of nitrogens with one attached hydrogen (secondary N) is 2. The van der Waals surface area contributed by atoms with Crippen LogP contribution in [0.3, 0.4) is 0 Å². The zero-order valence-corrected chi connectivity index (χ0v) is 9.55. The van der Waals surface area contributed by atoms with Gasteiger partial charge in [-0.1, -0.05) is 13.8 Å². The highest BCUT2D eigenvalue weighted by atomic mass is 14.9. The van der Waals surface area contributed by atoms with Crippen molar-refractivity contribution in [2.24, 2.45) is 0 Å². The molecule has 0 saturated heterocycles. The lowest BCUT2D eigenvalue weighted by atomic mass is 10.1. The number of anilines is 1. The van der Waals surface area contributed by atoms with Crippen LogP contribution in [-0.2, 0) is 0 Å². The van der Waals surface area contributed by atoms with Crippen LogP contribution in [-0.4, -0.2) is 18.2 Å². The van der Waals surface area contributed by atoms with Gasteiger partial charge in [-0.2, -0.15) is 5.26 Å². The van der Waals surface area contributed by atoms with E-state index >= 15 is 0 Å². The van der Waals surface area contributed by atoms with E-state index in [1.807, 2.05) is 26.8 Å². The van der Waals surface area contributed by atoms with E-state index in [2.05, 4.69) is 10.3 Å². The molecule has 1 aromatic rings. The third kappa shape index (κ3) is 2.78. The fourth-order valence-electron chi connectivity index (χ4n) is 1.16. The van der Waals surface area contributed by atoms with Crippen LogP contribution in [0, 0.1) is 23.7 Å². The Morgan fingerprint density at radius 3 is 2.53 bits per heavy atom. The standard InChI is InChI=1S/C9H10N4.C2H6/c1-6-7(3-10)5-13-8(4-11)9(6)12-2;1-2/h4-5,11-12H,1-2H3;1-2H3. The molecule has 0 radical (unpaired) electrons. The quantitative estimate of drug-likeness (QED) is 0.726. The van der Waals surface area contributed by atoms with E-state index in [0.29, 0.717) is 11.3 Å². The molecule has 0 spiro atoms. The summed E-state index contributed by atoms with van der Waals surface area (Å²) in [4.78, 5) is 3.97. The van der Waals surface area contributed by atoms with Gasteiger partial charge in [0.05, 0.1) is 11.3 Å². The molecule has 0 atom stereocenters. The molecule has 0 aromatic carbocycles. The summed E-state index contributed by atoms with van der Waals surface area (Å²) in [6.45, 7) is 5.83. The molecule has 0 aliphatic carbocycles. The summed E-state index contributed by atoms with van der Waals surface area (Å²) in [6.07, 6.45) is 2.65. The first-order valence-corrected chi connectivity index (χ1v) is 4.82. The van der Waals surface area contributed by atoms with E-state index in [9.17, 15) is 0 Å². The maximum absolute atomic E-state index is 8.73. The number of rotatable bonds is 2. The van der Waals surface area contributed by atoms with Crippen molar-refractivity contribution in [3.8, 4) is 6.07 Å². The zero-order chi connectivity index (χ0) is 11.8. The van der Waals surface area contributed by atoms with Gasteiger partial charge in [0.1, 0.15) is 11.8 Å². The fraction of sp³-hybridized carbons (Fsp3) is 0.364. The molecule has 4 heteroatoms. The zero-order valence-electron chi connectivity index (χ0n) is 9.55. The van der Waals surface area contributed by atoms with Crippen LogP contribution in [0.15, 0.2) is 6.20 Å². The summed E-state index contributed by atoms with van der Waals surface area (Å²) in [5.74, 6) is 0. The molecule has 0 saturated carbocycles. The second-order valence-electron chi connectivity index (χ2n) is 2.56. The lowest BCUT2D eigenvalue weighted by Crippen LogP contribution is -2.02. The van der Waals surface area contributed by atoms with E-state index in [1.165, 1.54) is 12.4 Å². The molecule has 1 rings (SSSR count). The molecule has 2 N–H and O–H groups in total. The molecule has 0 aliphatic heterocycles. The Kier molecular flexibility index (Phi) is 5.72. The summed E-state index contributed by atoms with van der Waals surface area (Å²) in [5, 5.41) is 18.8. The van der Waals surface area contributed by atoms with Crippen LogP contribution < -0.4 is 5.32 Å². The molecule has 4 nitrogen and oxygen atoms in total. The number of aromatic nitrogens is 1. The number of pyridine rings is 1. The smallest absolute Gasteiger partial charge is 0.104 e. The topological polar surface area (TPSA) is 72.6 Å². The Hall–Kier alpha value is -1.89. The summed E-state index contributed by atoms with van der Waals surface area (Å²) in [5.41, 5.74) is 2.67. The van der Waals surface area contributed by atoms with Gasteiger partial charge in [-0.3, -0.25) is 4.98 Å². The lowest BCUT2D eigenvalue weighted by molar-refractivity contribution is 1.22. The van der Waals surface area contributed by atoms with Crippen LogP contribution in [0.5, 0.6) is 0 Å². The first-order chi connectivity index (χ1) is 7.24. The van der Waals surface area contributed by atoms with E-state index in [0.717, 1.165) is 11.3 Å². The molecule has 80 valence electrons. The molecular formula is C11H16N4. The van der Waals surface area contributed by atoms with Crippen LogP contribution >= 0.6 is 0 Å². The summed E-state index contributed by atoms with van der Waals surface area (Å²) in [6, 6.07) is 2.04. The monoisotopic (exact) mass is 204 g/mol. The molecule has 15 heavy (non-hydrogen) atoms. The van der Waals surface area contributed by atoms with Gasteiger partial charge in [-0.15, -0.1) is 0 Å². The van der Waals surface area contributed by atoms with Gasteiger partial charge in [-0.25, -0.2) is 0 Å². The molecule has 1 heterocycles. The van der Waals surface area contributed by atoms with Crippen molar-refractivity contribution in [3.05, 3.63) is 23.0 Å². The van der Waals surface area contributed by atoms with Gasteiger partial charge in [-0.05, 0) is 12.5 Å². The summed E-state index contributed by atoms with van der Waals surface area (Å²) < 4.78 is 0. The maximum Gasteiger partial charge on any atom is 0.104 e. The predicted molar refractivity (Wildman–Crippen MR) is 62.5 cm³/mol. The first-order valence-electron chi connectivity index (χ1n) is 4.82. The molecule has 0 unspecified atom stereocenters. The van der Waals surface area contributed by atoms with Crippen molar-refractivity contribution in [1.29, 1.82) is 10.7 Å². The van der Waals surface area contributed by atoms with Gasteiger partial charge in [0.2, 0.25) is 0 Å². The average Bonchev–Trinajstić information content (AvgIpc) is 2.31. The third-order valence-corrected chi connectivity index (χ3v) is 1.88. The van der Waals surface area contributed by atoms with Crippen LogP contribution in [0.4, 0.5) is 5.69 Å². The van der Waals surface area contributed by atoms with Crippen molar-refractivity contribution in [3.63, 3.8) is 0 Å². The molecule has 0 amide bonds. The largest absolute Gasteiger partial charge is 0.386 e. The second-order valence-corrected chi connectivity index (χ2v) is 2.56. The van der Waals surface area contributed by atoms with Crippen molar-refractivity contribution in [2.75, 3.05) is 12.4 Å². The Balaban J connectivity index is 0.000000921. The minimum atomic E-state index is 0.537. The fourth-order valence-corrected chi connectivity index (χ4v) is 1.16. The normalized spacial score (nSPS) is 8.20. The van der Waals surface area contributed by atoms with E-state index in [4.69, 9.17) is 10.7 Å². The molecule has 0 aliphatic rings. The van der Waals surface area contributed by atoms with Crippen LogP contribution in [0.2, 0.25) is 0 Å². The Labute approximate surface area is 90.5 Å². The van der Waals surface area contributed by atoms with Gasteiger partial charge in [0, 0.05) is 19.5 Å². The Morgan fingerprint density at radius 2 is 2.13 bits per heavy atom. The van der Waals surface area contributed by atoms with E-state index in [-0.39, 0.29) is 0 Å². The Morgan fingerprint density at radius 1 is 1.53 bits per heavy atom. The number of hydrogen-bond donors (Lipinski definition) is 2. The molecular weight excluding hydrogens is 188 g/mol. The van der Waals surface area contributed by atoms with Gasteiger partial charge < -0.3 is 10.7 Å². The molecule has 1 aromatic heterocycles. The van der Waals surface area contributed by atoms with Gasteiger partial charge in [0.15, 0.2) is 0 Å². The van der Waals surface area contributed by atoms with Crippen LogP contribution in [0.1, 0.15) is 30.7 Å². The number of nitriles is 1. The highest BCUT2D eigenvalue weighted by Crippen LogP contribution is 2.19. The van der Waals surface area contributed by atoms with Gasteiger partial charge in [0.25, 0.3) is 0 Å². The maximum atomic E-state index is 8.73. The highest BCUT2D eigenvalue weighted by Gasteiger charge is 2.07. The van der Waals surface area contributed by atoms with E-state index in [1.54, 1.807) is 7.05 Å². The van der Waals surface area contributed by atoms with Crippen molar-refractivity contribution >= 4 is 11.9 Å². The second kappa shape index (κ2) is 6.55. The highest BCUT2D eigenvalue weighted by molar-refractivity contribution is 5.85. The molecule has 0 fully saturated rings. The average molecular weight is 204 g/mol. The van der Waals surface area contributed by atoms with Crippen molar-refractivity contribution < 1.29 is 0 Å². The Bertz CT molecular complexity index is 377. The first kappa shape index (κ1) is 13.1. The van der Waals surface area contributed by atoms with E-state index < -0.39 is 0 Å². The number of hydrogen-bond acceptors (Lipinski definition) is 4.